The molecule has 2 heteroatoms. The monoisotopic (exact) mass is 288 g/mol. The van der Waals surface area contributed by atoms with E-state index in [1.165, 1.54) is 5.56 Å². The van der Waals surface area contributed by atoms with Crippen molar-refractivity contribution in [1.82, 2.24) is 0 Å². The van der Waals surface area contributed by atoms with Crippen LogP contribution in [-0.4, -0.2) is 0 Å². The summed E-state index contributed by atoms with van der Waals surface area (Å²) in [5, 5.41) is 0. The Labute approximate surface area is 126 Å². The molecule has 0 saturated carbocycles. The summed E-state index contributed by atoms with van der Waals surface area (Å²) >= 11 is 5.93. The normalized spacial score (nSPS) is 11.4. The highest BCUT2D eigenvalue weighted by molar-refractivity contribution is 6.17. The van der Waals surface area contributed by atoms with Crippen molar-refractivity contribution in [1.29, 1.82) is 0 Å². The molecule has 0 amide bonds. The lowest BCUT2D eigenvalue weighted by Crippen LogP contribution is -2.10. The van der Waals surface area contributed by atoms with Gasteiger partial charge in [-0.05, 0) is 34.2 Å². The highest BCUT2D eigenvalue weighted by Crippen LogP contribution is 2.24. The van der Waals surface area contributed by atoms with E-state index >= 15 is 0 Å². The second kappa shape index (κ2) is 6.32. The third kappa shape index (κ3) is 3.77. The zero-order valence-electron chi connectivity index (χ0n) is 12.3. The smallest absolute Gasteiger partial charge is 0.119 e. The number of alkyl halides is 1. The summed E-state index contributed by atoms with van der Waals surface area (Å²) in [5.41, 5.74) is 3.75. The van der Waals surface area contributed by atoms with Gasteiger partial charge < -0.3 is 4.74 Å². The minimum absolute atomic E-state index is 0.170. The summed E-state index contributed by atoms with van der Waals surface area (Å²) < 4.78 is 5.84. The SMILES string of the molecule is CC(C)(C)c1ccc(OCc2ccccc2CCl)cc1. The van der Waals surface area contributed by atoms with Crippen molar-refractivity contribution in [3.63, 3.8) is 0 Å². The maximum absolute atomic E-state index is 5.93. The van der Waals surface area contributed by atoms with Crippen LogP contribution in [0.1, 0.15) is 37.5 Å². The molecule has 0 heterocycles. The first kappa shape index (κ1) is 14.9. The minimum atomic E-state index is 0.170. The lowest BCUT2D eigenvalue weighted by Gasteiger charge is -2.19. The van der Waals surface area contributed by atoms with E-state index in [2.05, 4.69) is 39.0 Å². The Morgan fingerprint density at radius 1 is 0.900 bits per heavy atom. The Morgan fingerprint density at radius 3 is 2.05 bits per heavy atom. The fourth-order valence-electron chi connectivity index (χ4n) is 2.04. The Morgan fingerprint density at radius 2 is 1.50 bits per heavy atom. The van der Waals surface area contributed by atoms with Crippen molar-refractivity contribution in [3.05, 3.63) is 65.2 Å². The first-order valence-corrected chi connectivity index (χ1v) is 7.40. The lowest BCUT2D eigenvalue weighted by atomic mass is 9.87. The van der Waals surface area contributed by atoms with Crippen molar-refractivity contribution < 1.29 is 4.74 Å². The van der Waals surface area contributed by atoms with Gasteiger partial charge in [0.15, 0.2) is 0 Å². The number of rotatable bonds is 4. The zero-order chi connectivity index (χ0) is 14.6. The van der Waals surface area contributed by atoms with Gasteiger partial charge in [-0.2, -0.15) is 0 Å². The van der Waals surface area contributed by atoms with Gasteiger partial charge in [-0.3, -0.25) is 0 Å². The van der Waals surface area contributed by atoms with Crippen molar-refractivity contribution in [2.24, 2.45) is 0 Å². The van der Waals surface area contributed by atoms with Gasteiger partial charge in [0.05, 0.1) is 0 Å². The van der Waals surface area contributed by atoms with Crippen LogP contribution in [0.3, 0.4) is 0 Å². The molecule has 0 saturated heterocycles. The molecule has 1 nitrogen and oxygen atoms in total. The summed E-state index contributed by atoms with van der Waals surface area (Å²) in [6.45, 7) is 7.18. The molecule has 0 fully saturated rings. The summed E-state index contributed by atoms with van der Waals surface area (Å²) in [6.07, 6.45) is 0. The Balaban J connectivity index is 2.04. The number of benzene rings is 2. The third-order valence-electron chi connectivity index (χ3n) is 3.38. The lowest BCUT2D eigenvalue weighted by molar-refractivity contribution is 0.305. The van der Waals surface area contributed by atoms with E-state index in [0.29, 0.717) is 12.5 Å². The molecule has 0 N–H and O–H groups in total. The van der Waals surface area contributed by atoms with Crippen LogP contribution in [0.15, 0.2) is 48.5 Å². The molecule has 0 unspecified atom stereocenters. The molecule has 106 valence electrons. The van der Waals surface area contributed by atoms with Crippen molar-refractivity contribution in [2.75, 3.05) is 0 Å². The largest absolute Gasteiger partial charge is 0.489 e. The van der Waals surface area contributed by atoms with Crippen LogP contribution in [0.4, 0.5) is 0 Å². The third-order valence-corrected chi connectivity index (χ3v) is 3.66. The predicted molar refractivity (Wildman–Crippen MR) is 85.5 cm³/mol. The summed E-state index contributed by atoms with van der Waals surface area (Å²) in [4.78, 5) is 0. The van der Waals surface area contributed by atoms with Crippen LogP contribution in [0, 0.1) is 0 Å². The van der Waals surface area contributed by atoms with E-state index < -0.39 is 0 Å². The number of hydrogen-bond acceptors (Lipinski definition) is 1. The molecule has 0 bridgehead atoms. The van der Waals surface area contributed by atoms with Gasteiger partial charge in [-0.15, -0.1) is 11.6 Å². The van der Waals surface area contributed by atoms with Gasteiger partial charge in [-0.25, -0.2) is 0 Å². The molecule has 0 spiro atoms. The molecular formula is C18H21ClO. The molecular weight excluding hydrogens is 268 g/mol. The van der Waals surface area contributed by atoms with Crippen molar-refractivity contribution in [3.8, 4) is 5.75 Å². The van der Waals surface area contributed by atoms with Gasteiger partial charge in [0.1, 0.15) is 12.4 Å². The minimum Gasteiger partial charge on any atom is -0.489 e. The van der Waals surface area contributed by atoms with Crippen molar-refractivity contribution in [2.45, 2.75) is 38.7 Å². The zero-order valence-corrected chi connectivity index (χ0v) is 13.1. The predicted octanol–water partition coefficient (Wildman–Crippen LogP) is 5.30. The highest BCUT2D eigenvalue weighted by atomic mass is 35.5. The quantitative estimate of drug-likeness (QED) is 0.694. The average molecular weight is 289 g/mol. The van der Waals surface area contributed by atoms with Crippen LogP contribution in [0.25, 0.3) is 0 Å². The molecule has 0 aliphatic rings. The molecule has 2 aromatic carbocycles. The molecule has 0 radical (unpaired) electrons. The van der Waals surface area contributed by atoms with Crippen LogP contribution >= 0.6 is 11.6 Å². The fourth-order valence-corrected chi connectivity index (χ4v) is 2.30. The maximum atomic E-state index is 5.93. The second-order valence-electron chi connectivity index (χ2n) is 5.97. The van der Waals surface area contributed by atoms with Crippen LogP contribution in [0.2, 0.25) is 0 Å². The van der Waals surface area contributed by atoms with Gasteiger partial charge in [0.25, 0.3) is 0 Å². The molecule has 2 rings (SSSR count). The van der Waals surface area contributed by atoms with Gasteiger partial charge in [0, 0.05) is 5.88 Å². The van der Waals surface area contributed by atoms with E-state index in [1.807, 2.05) is 30.3 Å². The number of hydrogen-bond donors (Lipinski definition) is 0. The standard InChI is InChI=1S/C18H21ClO/c1-18(2,3)16-8-10-17(11-9-16)20-13-15-7-5-4-6-14(15)12-19/h4-11H,12-13H2,1-3H3. The second-order valence-corrected chi connectivity index (χ2v) is 6.23. The average Bonchev–Trinajstić information content (AvgIpc) is 2.45. The van der Waals surface area contributed by atoms with Crippen LogP contribution in [-0.2, 0) is 17.9 Å². The van der Waals surface area contributed by atoms with Crippen LogP contribution in [0.5, 0.6) is 5.75 Å². The number of halogens is 1. The molecule has 2 aromatic rings. The molecule has 0 aliphatic heterocycles. The van der Waals surface area contributed by atoms with Crippen molar-refractivity contribution >= 4 is 11.6 Å². The van der Waals surface area contributed by atoms with E-state index in [1.54, 1.807) is 0 Å². The maximum Gasteiger partial charge on any atom is 0.119 e. The summed E-state index contributed by atoms with van der Waals surface area (Å²) in [5.74, 6) is 1.41. The highest BCUT2D eigenvalue weighted by Gasteiger charge is 2.13. The molecule has 0 atom stereocenters. The first-order valence-electron chi connectivity index (χ1n) is 6.87. The molecule has 0 aliphatic carbocycles. The Bertz CT molecular complexity index is 552. The van der Waals surface area contributed by atoms with Crippen LogP contribution < -0.4 is 4.74 Å². The van der Waals surface area contributed by atoms with E-state index in [9.17, 15) is 0 Å². The molecule has 20 heavy (non-hydrogen) atoms. The van der Waals surface area contributed by atoms with E-state index in [0.717, 1.165) is 16.9 Å². The van der Waals surface area contributed by atoms with Gasteiger partial charge in [0.2, 0.25) is 0 Å². The van der Waals surface area contributed by atoms with E-state index in [4.69, 9.17) is 16.3 Å². The Hall–Kier alpha value is -1.47. The van der Waals surface area contributed by atoms with Gasteiger partial charge in [-0.1, -0.05) is 57.2 Å². The summed E-state index contributed by atoms with van der Waals surface area (Å²) in [6, 6.07) is 16.4. The first-order chi connectivity index (χ1) is 9.50. The Kier molecular flexibility index (Phi) is 4.72. The van der Waals surface area contributed by atoms with Gasteiger partial charge >= 0.3 is 0 Å². The molecule has 0 aromatic heterocycles. The van der Waals surface area contributed by atoms with E-state index in [-0.39, 0.29) is 5.41 Å². The number of ether oxygens (including phenoxy) is 1. The summed E-state index contributed by atoms with van der Waals surface area (Å²) in [7, 11) is 0. The topological polar surface area (TPSA) is 9.23 Å². The fraction of sp³-hybridized carbons (Fsp3) is 0.333.